The fourth-order valence-electron chi connectivity index (χ4n) is 2.60. The van der Waals surface area contributed by atoms with Crippen LogP contribution in [0.4, 0.5) is 0 Å². The number of halogens is 3. The molecule has 0 spiro atoms. The molecule has 0 radical (unpaired) electrons. The number of alkyl halides is 1. The van der Waals surface area contributed by atoms with Crippen LogP contribution < -0.4 is 0 Å². The van der Waals surface area contributed by atoms with E-state index in [0.717, 1.165) is 5.56 Å². The summed E-state index contributed by atoms with van der Waals surface area (Å²) < 4.78 is 0. The van der Waals surface area contributed by atoms with E-state index in [1.165, 1.54) is 21.9 Å². The summed E-state index contributed by atoms with van der Waals surface area (Å²) in [6, 6.07) is 18.3. The van der Waals surface area contributed by atoms with Gasteiger partial charge < -0.3 is 0 Å². The van der Waals surface area contributed by atoms with Gasteiger partial charge in [-0.15, -0.1) is 0 Å². The summed E-state index contributed by atoms with van der Waals surface area (Å²) in [5.74, 6) is 0. The van der Waals surface area contributed by atoms with Gasteiger partial charge >= 0.3 is 0 Å². The van der Waals surface area contributed by atoms with Gasteiger partial charge in [-0.2, -0.15) is 0 Å². The van der Waals surface area contributed by atoms with Crippen molar-refractivity contribution in [2.75, 3.05) is 0 Å². The zero-order valence-corrected chi connectivity index (χ0v) is 14.5. The van der Waals surface area contributed by atoms with Crippen molar-refractivity contribution in [3.63, 3.8) is 0 Å². The van der Waals surface area contributed by atoms with E-state index < -0.39 is 0 Å². The summed E-state index contributed by atoms with van der Waals surface area (Å²) in [5.41, 5.74) is 3.35. The lowest BCUT2D eigenvalue weighted by molar-refractivity contribution is 1.19. The Bertz CT molecular complexity index is 791. The minimum Gasteiger partial charge on any atom is -0.0839 e. The largest absolute Gasteiger partial charge is 0.0839 e. The molecule has 1 atom stereocenters. The monoisotopic (exact) mass is 378 g/mol. The van der Waals surface area contributed by atoms with Crippen molar-refractivity contribution in [3.8, 4) is 0 Å². The quantitative estimate of drug-likeness (QED) is 0.423. The maximum absolute atomic E-state index is 6.34. The van der Waals surface area contributed by atoms with Gasteiger partial charge in [0.1, 0.15) is 0 Å². The smallest absolute Gasteiger partial charge is 0.0679 e. The SMILES string of the molecule is Cc1ccc(C(Br)c2c(Cl)cccc2Cl)c2ccccc12. The van der Waals surface area contributed by atoms with Crippen molar-refractivity contribution in [2.24, 2.45) is 0 Å². The molecule has 0 aliphatic heterocycles. The van der Waals surface area contributed by atoms with E-state index in [9.17, 15) is 0 Å². The fraction of sp³-hybridized carbons (Fsp3) is 0.111. The van der Waals surface area contributed by atoms with E-state index >= 15 is 0 Å². The van der Waals surface area contributed by atoms with E-state index in [2.05, 4.69) is 59.3 Å². The van der Waals surface area contributed by atoms with Gasteiger partial charge in [-0.05, 0) is 41.0 Å². The van der Waals surface area contributed by atoms with Gasteiger partial charge in [0.2, 0.25) is 0 Å². The van der Waals surface area contributed by atoms with Gasteiger partial charge in [-0.25, -0.2) is 0 Å². The van der Waals surface area contributed by atoms with Gasteiger partial charge in [0, 0.05) is 15.6 Å². The Hall–Kier alpha value is -1.02. The van der Waals surface area contributed by atoms with Crippen LogP contribution in [0.25, 0.3) is 10.8 Å². The van der Waals surface area contributed by atoms with Crippen LogP contribution in [0.5, 0.6) is 0 Å². The summed E-state index contributed by atoms with van der Waals surface area (Å²) in [7, 11) is 0. The topological polar surface area (TPSA) is 0 Å². The Morgan fingerprint density at radius 2 is 1.43 bits per heavy atom. The highest BCUT2D eigenvalue weighted by atomic mass is 79.9. The van der Waals surface area contributed by atoms with Crippen LogP contribution in [0.3, 0.4) is 0 Å². The summed E-state index contributed by atoms with van der Waals surface area (Å²) in [6.45, 7) is 2.12. The number of benzene rings is 3. The molecule has 3 rings (SSSR count). The van der Waals surface area contributed by atoms with Crippen LogP contribution in [0.1, 0.15) is 21.5 Å². The maximum atomic E-state index is 6.34. The molecule has 1 unspecified atom stereocenters. The third-order valence-corrected chi connectivity index (χ3v) is 5.31. The normalized spacial score (nSPS) is 12.6. The molecule has 0 N–H and O–H groups in total. The van der Waals surface area contributed by atoms with Gasteiger partial charge in [0.05, 0.1) is 4.83 Å². The van der Waals surface area contributed by atoms with E-state index in [-0.39, 0.29) is 4.83 Å². The molecule has 0 aliphatic carbocycles. The molecule has 3 heteroatoms. The molecule has 3 aromatic carbocycles. The second-order valence-corrected chi connectivity index (χ2v) is 6.75. The van der Waals surface area contributed by atoms with Crippen molar-refractivity contribution >= 4 is 49.9 Å². The lowest BCUT2D eigenvalue weighted by Gasteiger charge is -2.17. The molecular formula is C18H13BrCl2. The van der Waals surface area contributed by atoms with Crippen molar-refractivity contribution in [3.05, 3.63) is 81.3 Å². The van der Waals surface area contributed by atoms with E-state index in [1.54, 1.807) is 0 Å². The van der Waals surface area contributed by atoms with Crippen molar-refractivity contribution in [1.29, 1.82) is 0 Å². The van der Waals surface area contributed by atoms with Crippen LogP contribution in [0.15, 0.2) is 54.6 Å². The van der Waals surface area contributed by atoms with Crippen LogP contribution in [-0.2, 0) is 0 Å². The van der Waals surface area contributed by atoms with Gasteiger partial charge in [0.15, 0.2) is 0 Å². The van der Waals surface area contributed by atoms with Crippen LogP contribution in [-0.4, -0.2) is 0 Å². The van der Waals surface area contributed by atoms with E-state index in [4.69, 9.17) is 23.2 Å². The Balaban J connectivity index is 2.23. The third kappa shape index (κ3) is 2.70. The number of hydrogen-bond donors (Lipinski definition) is 0. The molecule has 21 heavy (non-hydrogen) atoms. The highest BCUT2D eigenvalue weighted by molar-refractivity contribution is 9.09. The number of fused-ring (bicyclic) bond motifs is 1. The van der Waals surface area contributed by atoms with Crippen molar-refractivity contribution < 1.29 is 0 Å². The van der Waals surface area contributed by atoms with Crippen molar-refractivity contribution in [1.82, 2.24) is 0 Å². The number of hydrogen-bond acceptors (Lipinski definition) is 0. The summed E-state index contributed by atoms with van der Waals surface area (Å²) >= 11 is 16.5. The Kier molecular flexibility index (Phi) is 4.26. The molecule has 0 saturated heterocycles. The molecule has 0 nitrogen and oxygen atoms in total. The summed E-state index contributed by atoms with van der Waals surface area (Å²) in [6.07, 6.45) is 0. The first-order valence-electron chi connectivity index (χ1n) is 6.66. The molecule has 0 amide bonds. The highest BCUT2D eigenvalue weighted by Crippen LogP contribution is 2.42. The molecule has 106 valence electrons. The molecule has 3 aromatic rings. The third-order valence-electron chi connectivity index (χ3n) is 3.70. The average Bonchev–Trinajstić information content (AvgIpc) is 2.47. The minimum absolute atomic E-state index is 0.0378. The highest BCUT2D eigenvalue weighted by Gasteiger charge is 2.19. The lowest BCUT2D eigenvalue weighted by atomic mass is 9.95. The lowest BCUT2D eigenvalue weighted by Crippen LogP contribution is -1.97. The summed E-state index contributed by atoms with van der Waals surface area (Å²) in [4.78, 5) is -0.0378. The predicted molar refractivity (Wildman–Crippen MR) is 95.9 cm³/mol. The molecular weight excluding hydrogens is 367 g/mol. The predicted octanol–water partition coefficient (Wildman–Crippen LogP) is 6.94. The molecule has 0 heterocycles. The first kappa shape index (κ1) is 14.9. The minimum atomic E-state index is -0.0378. The zero-order chi connectivity index (χ0) is 15.0. The van der Waals surface area contributed by atoms with Crippen LogP contribution >= 0.6 is 39.1 Å². The van der Waals surface area contributed by atoms with Crippen LogP contribution in [0, 0.1) is 6.92 Å². The van der Waals surface area contributed by atoms with Crippen molar-refractivity contribution in [2.45, 2.75) is 11.8 Å². The molecule has 0 bridgehead atoms. The Labute approximate surface area is 142 Å². The number of rotatable bonds is 2. The second kappa shape index (κ2) is 6.00. The van der Waals surface area contributed by atoms with Gasteiger partial charge in [0.25, 0.3) is 0 Å². The molecule has 0 aromatic heterocycles. The number of aryl methyl sites for hydroxylation is 1. The standard InChI is InChI=1S/C18H13BrCl2/c1-11-9-10-14(13-6-3-2-5-12(11)13)18(19)17-15(20)7-4-8-16(17)21/h2-10,18H,1H3. The van der Waals surface area contributed by atoms with E-state index in [0.29, 0.717) is 10.0 Å². The van der Waals surface area contributed by atoms with E-state index in [1.807, 2.05) is 18.2 Å². The molecule has 0 aliphatic rings. The zero-order valence-electron chi connectivity index (χ0n) is 11.4. The Morgan fingerprint density at radius 1 is 0.810 bits per heavy atom. The first-order chi connectivity index (χ1) is 10.1. The van der Waals surface area contributed by atoms with Gasteiger partial charge in [-0.3, -0.25) is 0 Å². The molecule has 0 fully saturated rings. The maximum Gasteiger partial charge on any atom is 0.0679 e. The molecule has 0 saturated carbocycles. The second-order valence-electron chi connectivity index (χ2n) is 5.02. The average molecular weight is 380 g/mol. The summed E-state index contributed by atoms with van der Waals surface area (Å²) in [5, 5.41) is 3.82. The van der Waals surface area contributed by atoms with Crippen LogP contribution in [0.2, 0.25) is 10.0 Å². The fourth-order valence-corrected chi connectivity index (χ4v) is 4.37. The first-order valence-corrected chi connectivity index (χ1v) is 8.33. The Morgan fingerprint density at radius 3 is 2.10 bits per heavy atom. The van der Waals surface area contributed by atoms with Gasteiger partial charge in [-0.1, -0.05) is 81.6 Å².